The normalized spacial score (nSPS) is 9.65. The van der Waals surface area contributed by atoms with Crippen molar-refractivity contribution < 1.29 is 9.90 Å². The van der Waals surface area contributed by atoms with Gasteiger partial charge in [-0.15, -0.1) is 13.2 Å². The maximum atomic E-state index is 10.3. The molecule has 0 saturated carbocycles. The summed E-state index contributed by atoms with van der Waals surface area (Å²) in [5.41, 5.74) is 0. The molecule has 0 rings (SSSR count). The highest BCUT2D eigenvalue weighted by atomic mass is 16.4. The summed E-state index contributed by atoms with van der Waals surface area (Å²) in [6.07, 6.45) is 24.7. The number of carboxylic acids is 1. The fraction of sp³-hybridized carbons (Fsp3) is 0.708. The van der Waals surface area contributed by atoms with Gasteiger partial charge in [-0.05, 0) is 46.0 Å². The van der Waals surface area contributed by atoms with Crippen LogP contribution in [0, 0.1) is 0 Å². The monoisotopic (exact) mass is 366 g/mol. The van der Waals surface area contributed by atoms with Crippen LogP contribution in [0.1, 0.15) is 111 Å². The molecule has 0 spiro atoms. The van der Waals surface area contributed by atoms with E-state index in [9.17, 15) is 4.79 Å². The Hall–Kier alpha value is -1.31. The molecule has 0 bridgehead atoms. The van der Waals surface area contributed by atoms with Gasteiger partial charge in [0.1, 0.15) is 0 Å². The van der Waals surface area contributed by atoms with Crippen molar-refractivity contribution in [2.45, 2.75) is 111 Å². The van der Waals surface area contributed by atoms with Gasteiger partial charge >= 0.3 is 5.97 Å². The number of hydrogen-bond donors (Lipinski definition) is 1. The standard InChI is InChI=1S/C18H34O2.2C3H6/c1-2-3-4-5-6-7-8-9-10-11-12-13-14-15-16-17-18(19)20;2*1-3-2/h9-10H,2-8,11-17H2,1H3,(H,19,20);2*3H,1H2,2H3. The van der Waals surface area contributed by atoms with E-state index in [1.807, 2.05) is 13.8 Å². The summed E-state index contributed by atoms with van der Waals surface area (Å²) in [5.74, 6) is -0.664. The van der Waals surface area contributed by atoms with Gasteiger partial charge in [0, 0.05) is 6.42 Å². The van der Waals surface area contributed by atoms with Crippen LogP contribution >= 0.6 is 0 Å². The molecule has 0 aromatic heterocycles. The zero-order chi connectivity index (χ0) is 20.3. The predicted octanol–water partition coefficient (Wildman–Crippen LogP) is 8.49. The molecule has 0 unspecified atom stereocenters. The third-order valence-electron chi connectivity index (χ3n) is 3.65. The van der Waals surface area contributed by atoms with Gasteiger partial charge < -0.3 is 5.11 Å². The molecule has 0 amide bonds. The molecule has 0 atom stereocenters. The molecule has 0 aliphatic rings. The van der Waals surface area contributed by atoms with Crippen molar-refractivity contribution in [2.24, 2.45) is 0 Å². The second-order valence-electron chi connectivity index (χ2n) is 6.54. The fourth-order valence-corrected chi connectivity index (χ4v) is 2.35. The molecular weight excluding hydrogens is 320 g/mol. The van der Waals surface area contributed by atoms with Crippen LogP contribution in [-0.4, -0.2) is 11.1 Å². The van der Waals surface area contributed by atoms with E-state index in [1.54, 1.807) is 12.2 Å². The molecule has 1 N–H and O–H groups in total. The van der Waals surface area contributed by atoms with Crippen LogP contribution in [0.5, 0.6) is 0 Å². The van der Waals surface area contributed by atoms with Crippen LogP contribution < -0.4 is 0 Å². The van der Waals surface area contributed by atoms with E-state index < -0.39 is 5.97 Å². The van der Waals surface area contributed by atoms with E-state index in [4.69, 9.17) is 5.11 Å². The van der Waals surface area contributed by atoms with E-state index in [0.29, 0.717) is 6.42 Å². The topological polar surface area (TPSA) is 37.3 Å². The first-order valence-corrected chi connectivity index (χ1v) is 10.6. The molecule has 0 aliphatic heterocycles. The van der Waals surface area contributed by atoms with Gasteiger partial charge in [-0.25, -0.2) is 0 Å². The summed E-state index contributed by atoms with van der Waals surface area (Å²) in [6.45, 7) is 12.8. The van der Waals surface area contributed by atoms with Crippen molar-refractivity contribution in [1.82, 2.24) is 0 Å². The third-order valence-corrected chi connectivity index (χ3v) is 3.65. The average Bonchev–Trinajstić information content (AvgIpc) is 2.59. The third kappa shape index (κ3) is 43.4. The first-order valence-electron chi connectivity index (χ1n) is 10.6. The number of hydrogen-bond acceptors (Lipinski definition) is 1. The Morgan fingerprint density at radius 2 is 1.08 bits per heavy atom. The maximum Gasteiger partial charge on any atom is 0.303 e. The lowest BCUT2D eigenvalue weighted by atomic mass is 10.1. The van der Waals surface area contributed by atoms with E-state index in [0.717, 1.165) is 12.8 Å². The second kappa shape index (κ2) is 31.5. The zero-order valence-corrected chi connectivity index (χ0v) is 18.0. The number of allylic oxidation sites excluding steroid dienone is 4. The molecule has 0 aliphatic carbocycles. The molecule has 0 radical (unpaired) electrons. The molecule has 154 valence electrons. The summed E-state index contributed by atoms with van der Waals surface area (Å²) in [6, 6.07) is 0. The van der Waals surface area contributed by atoms with Crippen molar-refractivity contribution in [3.63, 3.8) is 0 Å². The summed E-state index contributed by atoms with van der Waals surface area (Å²) in [5, 5.41) is 8.51. The molecule has 0 saturated heterocycles. The Kier molecular flexibility index (Phi) is 35.6. The molecule has 0 aromatic carbocycles. The van der Waals surface area contributed by atoms with Crippen molar-refractivity contribution in [3.8, 4) is 0 Å². The van der Waals surface area contributed by atoms with Crippen LogP contribution in [0.25, 0.3) is 0 Å². The highest BCUT2D eigenvalue weighted by Gasteiger charge is 1.95. The van der Waals surface area contributed by atoms with E-state index >= 15 is 0 Å². The summed E-state index contributed by atoms with van der Waals surface area (Å²) in [7, 11) is 0. The van der Waals surface area contributed by atoms with Crippen molar-refractivity contribution in [1.29, 1.82) is 0 Å². The minimum absolute atomic E-state index is 0.332. The van der Waals surface area contributed by atoms with Gasteiger partial charge in [-0.3, -0.25) is 4.79 Å². The number of rotatable bonds is 15. The highest BCUT2D eigenvalue weighted by Crippen LogP contribution is 2.09. The maximum absolute atomic E-state index is 10.3. The SMILES string of the molecule is C=CC.C=CC.CCCCCCCCC=CCCCCCCCC(=O)O. The largest absolute Gasteiger partial charge is 0.481 e. The summed E-state index contributed by atoms with van der Waals surface area (Å²) >= 11 is 0. The van der Waals surface area contributed by atoms with Crippen molar-refractivity contribution >= 4 is 5.97 Å². The Morgan fingerprint density at radius 3 is 1.46 bits per heavy atom. The highest BCUT2D eigenvalue weighted by molar-refractivity contribution is 5.66. The smallest absolute Gasteiger partial charge is 0.303 e. The first kappa shape index (κ1) is 29.5. The van der Waals surface area contributed by atoms with Gasteiger partial charge in [0.2, 0.25) is 0 Å². The Morgan fingerprint density at radius 1 is 0.731 bits per heavy atom. The minimum Gasteiger partial charge on any atom is -0.481 e. The van der Waals surface area contributed by atoms with Crippen LogP contribution in [0.3, 0.4) is 0 Å². The first-order chi connectivity index (χ1) is 12.6. The Balaban J connectivity index is -0.000000768. The second-order valence-corrected chi connectivity index (χ2v) is 6.54. The van der Waals surface area contributed by atoms with E-state index in [-0.39, 0.29) is 0 Å². The number of carbonyl (C=O) groups is 1. The molecule has 0 aromatic rings. The van der Waals surface area contributed by atoms with Gasteiger partial charge in [0.05, 0.1) is 0 Å². The lowest BCUT2D eigenvalue weighted by Crippen LogP contribution is -1.93. The summed E-state index contributed by atoms with van der Waals surface area (Å²) < 4.78 is 0. The van der Waals surface area contributed by atoms with Crippen LogP contribution in [0.4, 0.5) is 0 Å². The lowest BCUT2D eigenvalue weighted by Gasteiger charge is -1.99. The van der Waals surface area contributed by atoms with Gasteiger partial charge in [-0.2, -0.15) is 0 Å². The zero-order valence-electron chi connectivity index (χ0n) is 18.0. The van der Waals surface area contributed by atoms with E-state index in [1.165, 1.54) is 70.6 Å². The number of unbranched alkanes of at least 4 members (excludes halogenated alkanes) is 11. The Bertz CT molecular complexity index is 299. The average molecular weight is 367 g/mol. The molecule has 2 nitrogen and oxygen atoms in total. The van der Waals surface area contributed by atoms with Crippen LogP contribution in [0.15, 0.2) is 37.5 Å². The van der Waals surface area contributed by atoms with Gasteiger partial charge in [0.25, 0.3) is 0 Å². The van der Waals surface area contributed by atoms with Gasteiger partial charge in [0.15, 0.2) is 0 Å². The minimum atomic E-state index is -0.664. The van der Waals surface area contributed by atoms with Crippen LogP contribution in [-0.2, 0) is 4.79 Å². The predicted molar refractivity (Wildman–Crippen MR) is 119 cm³/mol. The lowest BCUT2D eigenvalue weighted by molar-refractivity contribution is -0.137. The van der Waals surface area contributed by atoms with Crippen molar-refractivity contribution in [2.75, 3.05) is 0 Å². The van der Waals surface area contributed by atoms with E-state index in [2.05, 4.69) is 32.2 Å². The molecule has 0 heterocycles. The van der Waals surface area contributed by atoms with Crippen LogP contribution in [0.2, 0.25) is 0 Å². The molecular formula is C24H46O2. The van der Waals surface area contributed by atoms with Gasteiger partial charge in [-0.1, -0.05) is 82.6 Å². The number of aliphatic carboxylic acids is 1. The fourth-order valence-electron chi connectivity index (χ4n) is 2.35. The molecule has 2 heteroatoms. The molecule has 0 fully saturated rings. The molecule has 26 heavy (non-hydrogen) atoms. The Labute approximate surface area is 164 Å². The quantitative estimate of drug-likeness (QED) is 0.233. The van der Waals surface area contributed by atoms with Crippen molar-refractivity contribution in [3.05, 3.63) is 37.5 Å². The number of carboxylic acid groups (broad SMARTS) is 1. The summed E-state index contributed by atoms with van der Waals surface area (Å²) in [4.78, 5) is 10.3.